The number of ether oxygens (including phenoxy) is 4. The first-order valence-corrected chi connectivity index (χ1v) is 16.2. The number of carbonyl (C=O) groups excluding carboxylic acids is 3. The number of nitrogens with zero attached hydrogens (tertiary/aromatic N) is 3. The molecule has 0 unspecified atom stereocenters. The minimum atomic E-state index is -0.896. The molecule has 9 atom stereocenters. The lowest BCUT2D eigenvalue weighted by atomic mass is 9.74. The van der Waals surface area contributed by atoms with Crippen LogP contribution in [0.4, 0.5) is 4.79 Å². The lowest BCUT2D eigenvalue weighted by molar-refractivity contribution is -0.155. The van der Waals surface area contributed by atoms with Gasteiger partial charge in [-0.05, 0) is 78.6 Å². The van der Waals surface area contributed by atoms with Crippen LogP contribution in [0.2, 0.25) is 0 Å². The number of hydrogen-bond donors (Lipinski definition) is 1. The summed E-state index contributed by atoms with van der Waals surface area (Å²) in [4.78, 5) is 60.9. The van der Waals surface area contributed by atoms with Crippen molar-refractivity contribution in [2.45, 2.75) is 119 Å². The number of fused-ring (bicyclic) bond motifs is 6. The number of carboxylic acids is 1. The van der Waals surface area contributed by atoms with Gasteiger partial charge in [-0.3, -0.25) is 19.3 Å². The maximum atomic E-state index is 14.9. The van der Waals surface area contributed by atoms with Gasteiger partial charge in [0.25, 0.3) is 0 Å². The van der Waals surface area contributed by atoms with Crippen LogP contribution < -0.4 is 0 Å². The number of carboxylic acid groups (broad SMARTS) is 1. The Hall–Kier alpha value is -2.44. The molecule has 12 nitrogen and oxygen atoms in total. The van der Waals surface area contributed by atoms with Crippen LogP contribution in [0.25, 0.3) is 0 Å². The van der Waals surface area contributed by atoms with Crippen molar-refractivity contribution in [1.82, 2.24) is 14.7 Å². The van der Waals surface area contributed by atoms with Gasteiger partial charge in [0.2, 0.25) is 11.8 Å². The van der Waals surface area contributed by atoms with Crippen molar-refractivity contribution in [2.24, 2.45) is 17.8 Å². The third-order valence-corrected chi connectivity index (χ3v) is 11.9. The van der Waals surface area contributed by atoms with Crippen molar-refractivity contribution in [2.75, 3.05) is 41.2 Å². The zero-order valence-electron chi connectivity index (χ0n) is 27.0. The minimum Gasteiger partial charge on any atom is -0.481 e. The zero-order chi connectivity index (χ0) is 31.8. The summed E-state index contributed by atoms with van der Waals surface area (Å²) in [5, 5.41) is 10.1. The van der Waals surface area contributed by atoms with Gasteiger partial charge in [-0.2, -0.15) is 0 Å². The first-order valence-electron chi connectivity index (χ1n) is 16.2. The molecule has 6 bridgehead atoms. The average molecular weight is 620 g/mol. The Bertz CT molecular complexity index is 1210. The summed E-state index contributed by atoms with van der Waals surface area (Å²) in [7, 11) is 4.75. The molecule has 44 heavy (non-hydrogen) atoms. The minimum absolute atomic E-state index is 0.0490. The fourth-order valence-electron chi connectivity index (χ4n) is 10.5. The summed E-state index contributed by atoms with van der Waals surface area (Å²) >= 11 is 0. The van der Waals surface area contributed by atoms with E-state index in [4.69, 9.17) is 18.9 Å². The SMILES string of the molecule is COC[C@]12CC[C@@H](C[C@@H]1C(=O)N1[C@H]3CC[C@@]1(COC)[C@@H](C(=O)N1[C@H]4CC[C@@]1(COC)[C@@H](C(=O)O)C4)C3)N2C(=O)OC(C)(C)C. The number of rotatable bonds is 9. The normalized spacial score (nSPS) is 40.4. The Morgan fingerprint density at radius 1 is 0.659 bits per heavy atom. The van der Waals surface area contributed by atoms with Crippen LogP contribution >= 0.6 is 0 Å². The van der Waals surface area contributed by atoms with Crippen LogP contribution in [0, 0.1) is 17.8 Å². The number of carbonyl (C=O) groups is 4. The fourth-order valence-corrected chi connectivity index (χ4v) is 10.5. The van der Waals surface area contributed by atoms with E-state index in [9.17, 15) is 24.3 Å². The van der Waals surface area contributed by atoms with Crippen LogP contribution in [0.3, 0.4) is 0 Å². The Morgan fingerprint density at radius 2 is 1.02 bits per heavy atom. The molecule has 0 aromatic rings. The van der Waals surface area contributed by atoms with Gasteiger partial charge in [0.1, 0.15) is 5.60 Å². The van der Waals surface area contributed by atoms with Gasteiger partial charge in [0, 0.05) is 39.5 Å². The Morgan fingerprint density at radius 3 is 1.41 bits per heavy atom. The Labute approximate surface area is 259 Å². The number of hydrogen-bond acceptors (Lipinski definition) is 8. The molecule has 12 heteroatoms. The van der Waals surface area contributed by atoms with Crippen molar-refractivity contribution >= 4 is 23.9 Å². The second-order valence-electron chi connectivity index (χ2n) is 15.2. The van der Waals surface area contributed by atoms with E-state index in [1.165, 1.54) is 0 Å². The highest BCUT2D eigenvalue weighted by molar-refractivity contribution is 5.90. The van der Waals surface area contributed by atoms with Gasteiger partial charge in [-0.25, -0.2) is 4.79 Å². The molecule has 0 aliphatic carbocycles. The quantitative estimate of drug-likeness (QED) is 0.413. The predicted molar refractivity (Wildman–Crippen MR) is 157 cm³/mol. The molecular formula is C32H49N3O9. The van der Waals surface area contributed by atoms with Crippen molar-refractivity contribution in [3.05, 3.63) is 0 Å². The van der Waals surface area contributed by atoms with E-state index in [1.807, 2.05) is 30.6 Å². The lowest BCUT2D eigenvalue weighted by Crippen LogP contribution is -2.62. The third-order valence-electron chi connectivity index (χ3n) is 11.9. The van der Waals surface area contributed by atoms with E-state index < -0.39 is 52.0 Å². The van der Waals surface area contributed by atoms with Gasteiger partial charge < -0.3 is 33.9 Å². The van der Waals surface area contributed by atoms with E-state index in [0.717, 1.165) is 19.3 Å². The molecule has 6 heterocycles. The van der Waals surface area contributed by atoms with Gasteiger partial charge in [0.15, 0.2) is 0 Å². The monoisotopic (exact) mass is 619 g/mol. The average Bonchev–Trinajstić information content (AvgIpc) is 3.77. The van der Waals surface area contributed by atoms with Crippen LogP contribution in [-0.2, 0) is 33.3 Å². The molecule has 0 radical (unpaired) electrons. The first kappa shape index (κ1) is 31.5. The highest BCUT2D eigenvalue weighted by Gasteiger charge is 2.71. The largest absolute Gasteiger partial charge is 0.481 e. The smallest absolute Gasteiger partial charge is 0.411 e. The first-order chi connectivity index (χ1) is 20.8. The topological polar surface area (TPSA) is 135 Å². The lowest BCUT2D eigenvalue weighted by Gasteiger charge is -2.45. The van der Waals surface area contributed by atoms with E-state index in [1.54, 1.807) is 26.2 Å². The van der Waals surface area contributed by atoms with Gasteiger partial charge in [0.05, 0.1) is 54.2 Å². The van der Waals surface area contributed by atoms with Crippen molar-refractivity contribution in [3.8, 4) is 0 Å². The van der Waals surface area contributed by atoms with Crippen molar-refractivity contribution in [3.63, 3.8) is 0 Å². The summed E-state index contributed by atoms with van der Waals surface area (Å²) in [6.07, 6.45) is 5.21. The van der Waals surface area contributed by atoms with Crippen molar-refractivity contribution in [1.29, 1.82) is 0 Å². The Balaban J connectivity index is 1.32. The molecule has 0 spiro atoms. The van der Waals surface area contributed by atoms with Crippen LogP contribution in [0.5, 0.6) is 0 Å². The molecule has 6 saturated heterocycles. The van der Waals surface area contributed by atoms with Gasteiger partial charge in [-0.15, -0.1) is 0 Å². The molecular weight excluding hydrogens is 570 g/mol. The second kappa shape index (κ2) is 10.8. The number of aliphatic carboxylic acids is 1. The highest BCUT2D eigenvalue weighted by atomic mass is 16.6. The molecule has 246 valence electrons. The summed E-state index contributed by atoms with van der Waals surface area (Å²) in [5.74, 6) is -2.70. The number of methoxy groups -OCH3 is 3. The summed E-state index contributed by atoms with van der Waals surface area (Å²) in [6.45, 7) is 6.12. The molecule has 0 saturated carbocycles. The third kappa shape index (κ3) is 4.33. The number of amides is 3. The summed E-state index contributed by atoms with van der Waals surface area (Å²) in [6, 6.07) is -0.402. The summed E-state index contributed by atoms with van der Waals surface area (Å²) in [5.41, 5.74) is -3.21. The van der Waals surface area contributed by atoms with E-state index >= 15 is 0 Å². The molecule has 6 aliphatic heterocycles. The van der Waals surface area contributed by atoms with E-state index in [0.29, 0.717) is 38.5 Å². The van der Waals surface area contributed by atoms with Crippen LogP contribution in [0.15, 0.2) is 0 Å². The molecule has 6 fully saturated rings. The molecule has 3 amide bonds. The van der Waals surface area contributed by atoms with E-state index in [-0.39, 0.29) is 49.8 Å². The van der Waals surface area contributed by atoms with E-state index in [2.05, 4.69) is 0 Å². The summed E-state index contributed by atoms with van der Waals surface area (Å²) < 4.78 is 22.9. The molecule has 1 N–H and O–H groups in total. The molecule has 0 aromatic carbocycles. The standard InChI is InChI=1S/C32H49N3O9/c1-29(2,3)44-28(40)35-21-9-11-31(35,17-42-5)23(14-21)26(37)33-19-7-10-30(33,16-41-4)22(13-19)25(36)34-20-8-12-32(34,18-43-6)24(15-20)27(38)39/h19-24H,7-18H2,1-6H3,(H,38,39)/t19-,20-,21-,22+,23+,24+,30+,31+,32+/m0/s1. The van der Waals surface area contributed by atoms with Crippen molar-refractivity contribution < 1.29 is 43.2 Å². The van der Waals surface area contributed by atoms with Crippen LogP contribution in [0.1, 0.15) is 78.6 Å². The second-order valence-corrected chi connectivity index (χ2v) is 15.2. The zero-order valence-corrected chi connectivity index (χ0v) is 27.0. The van der Waals surface area contributed by atoms with Gasteiger partial charge >= 0.3 is 12.1 Å². The molecule has 0 aromatic heterocycles. The van der Waals surface area contributed by atoms with Gasteiger partial charge in [-0.1, -0.05) is 0 Å². The van der Waals surface area contributed by atoms with Crippen LogP contribution in [-0.4, -0.2) is 125 Å². The fraction of sp³-hybridized carbons (Fsp3) is 0.875. The Kier molecular flexibility index (Phi) is 7.76. The molecule has 6 rings (SSSR count). The highest BCUT2D eigenvalue weighted by Crippen LogP contribution is 2.58. The molecule has 6 aliphatic rings. The maximum absolute atomic E-state index is 14.9. The maximum Gasteiger partial charge on any atom is 0.411 e. The predicted octanol–water partition coefficient (Wildman–Crippen LogP) is 2.67.